The lowest BCUT2D eigenvalue weighted by Gasteiger charge is -2.37. The molecule has 0 aromatic carbocycles. The first-order chi connectivity index (χ1) is 8.16. The molecule has 17 heavy (non-hydrogen) atoms. The first-order valence-electron chi connectivity index (χ1n) is 6.69. The van der Waals surface area contributed by atoms with Gasteiger partial charge in [-0.05, 0) is 57.8 Å². The Morgan fingerprint density at radius 3 is 2.65 bits per heavy atom. The van der Waals surface area contributed by atoms with E-state index >= 15 is 0 Å². The number of hydrogen-bond acceptors (Lipinski definition) is 3. The molecule has 2 rings (SSSR count). The Hall–Kier alpha value is -0.800. The quantitative estimate of drug-likeness (QED) is 0.872. The molecule has 1 fully saturated rings. The van der Waals surface area contributed by atoms with Crippen molar-refractivity contribution in [3.8, 4) is 0 Å². The SMILES string of the molecule is CC(N)C1CCN(C(C)Cc2ccco2)CC1. The van der Waals surface area contributed by atoms with Crippen molar-refractivity contribution in [3.63, 3.8) is 0 Å². The Bertz CT molecular complexity index is 313. The minimum absolute atomic E-state index is 0.345. The minimum Gasteiger partial charge on any atom is -0.469 e. The summed E-state index contributed by atoms with van der Waals surface area (Å²) in [5.74, 6) is 1.80. The molecule has 2 N–H and O–H groups in total. The topological polar surface area (TPSA) is 42.4 Å². The van der Waals surface area contributed by atoms with Crippen LogP contribution in [0.5, 0.6) is 0 Å². The largest absolute Gasteiger partial charge is 0.469 e. The van der Waals surface area contributed by atoms with E-state index in [4.69, 9.17) is 10.2 Å². The molecule has 0 bridgehead atoms. The van der Waals surface area contributed by atoms with E-state index in [1.54, 1.807) is 6.26 Å². The van der Waals surface area contributed by atoms with Gasteiger partial charge in [-0.15, -0.1) is 0 Å². The maximum absolute atomic E-state index is 5.96. The van der Waals surface area contributed by atoms with Crippen molar-refractivity contribution in [3.05, 3.63) is 24.2 Å². The Morgan fingerprint density at radius 1 is 1.41 bits per heavy atom. The van der Waals surface area contributed by atoms with Crippen LogP contribution in [0.15, 0.2) is 22.8 Å². The van der Waals surface area contributed by atoms with Gasteiger partial charge in [0, 0.05) is 18.5 Å². The predicted octanol–water partition coefficient (Wildman–Crippen LogP) is 2.27. The first kappa shape index (κ1) is 12.7. The van der Waals surface area contributed by atoms with Gasteiger partial charge in [0.2, 0.25) is 0 Å². The van der Waals surface area contributed by atoms with Crippen LogP contribution in [0.3, 0.4) is 0 Å². The fourth-order valence-electron chi connectivity index (χ4n) is 2.73. The van der Waals surface area contributed by atoms with Crippen LogP contribution in [0, 0.1) is 5.92 Å². The average Bonchev–Trinajstić information content (AvgIpc) is 2.82. The third kappa shape index (κ3) is 3.33. The molecule has 3 heteroatoms. The van der Waals surface area contributed by atoms with Crippen molar-refractivity contribution in [2.45, 2.75) is 45.2 Å². The van der Waals surface area contributed by atoms with E-state index in [-0.39, 0.29) is 0 Å². The number of likely N-dealkylation sites (tertiary alicyclic amines) is 1. The van der Waals surface area contributed by atoms with Crippen LogP contribution in [-0.2, 0) is 6.42 Å². The lowest BCUT2D eigenvalue weighted by molar-refractivity contribution is 0.129. The third-order valence-electron chi connectivity index (χ3n) is 4.02. The zero-order valence-electron chi connectivity index (χ0n) is 10.9. The summed E-state index contributed by atoms with van der Waals surface area (Å²) in [5.41, 5.74) is 5.96. The number of nitrogens with two attached hydrogens (primary N) is 1. The van der Waals surface area contributed by atoms with Crippen molar-refractivity contribution in [1.82, 2.24) is 4.90 Å². The monoisotopic (exact) mass is 236 g/mol. The van der Waals surface area contributed by atoms with Gasteiger partial charge < -0.3 is 15.1 Å². The van der Waals surface area contributed by atoms with Crippen LogP contribution in [-0.4, -0.2) is 30.1 Å². The Morgan fingerprint density at radius 2 is 2.12 bits per heavy atom. The average molecular weight is 236 g/mol. The first-order valence-corrected chi connectivity index (χ1v) is 6.69. The van der Waals surface area contributed by atoms with Gasteiger partial charge in [-0.1, -0.05) is 0 Å². The van der Waals surface area contributed by atoms with E-state index in [1.807, 2.05) is 6.07 Å². The van der Waals surface area contributed by atoms with Crippen LogP contribution in [0.4, 0.5) is 0 Å². The van der Waals surface area contributed by atoms with Gasteiger partial charge in [0.15, 0.2) is 0 Å². The third-order valence-corrected chi connectivity index (χ3v) is 4.02. The van der Waals surface area contributed by atoms with Crippen molar-refractivity contribution < 1.29 is 4.42 Å². The molecule has 1 aliphatic heterocycles. The van der Waals surface area contributed by atoms with Crippen molar-refractivity contribution >= 4 is 0 Å². The number of piperidine rings is 1. The van der Waals surface area contributed by atoms with Crippen molar-refractivity contribution in [2.24, 2.45) is 11.7 Å². The van der Waals surface area contributed by atoms with Crippen LogP contribution in [0.25, 0.3) is 0 Å². The van der Waals surface area contributed by atoms with Crippen LogP contribution in [0.1, 0.15) is 32.4 Å². The summed E-state index contributed by atoms with van der Waals surface area (Å²) in [6.07, 6.45) is 5.24. The summed E-state index contributed by atoms with van der Waals surface area (Å²) in [6, 6.07) is 4.93. The molecule has 1 aliphatic rings. The molecular weight excluding hydrogens is 212 g/mol. The highest BCUT2D eigenvalue weighted by atomic mass is 16.3. The van der Waals surface area contributed by atoms with E-state index in [2.05, 4.69) is 24.8 Å². The molecule has 1 aromatic heterocycles. The normalized spacial score (nSPS) is 22.5. The zero-order chi connectivity index (χ0) is 12.3. The highest BCUT2D eigenvalue weighted by molar-refractivity contribution is 5.00. The molecule has 0 saturated carbocycles. The molecule has 1 aromatic rings. The van der Waals surface area contributed by atoms with Crippen molar-refractivity contribution in [1.29, 1.82) is 0 Å². The molecule has 2 atom stereocenters. The summed E-state index contributed by atoms with van der Waals surface area (Å²) in [7, 11) is 0. The molecule has 1 saturated heterocycles. The summed E-state index contributed by atoms with van der Waals surface area (Å²) in [4.78, 5) is 2.56. The van der Waals surface area contributed by atoms with Gasteiger partial charge in [0.1, 0.15) is 5.76 Å². The molecule has 2 unspecified atom stereocenters. The number of nitrogens with zero attached hydrogens (tertiary/aromatic N) is 1. The molecule has 3 nitrogen and oxygen atoms in total. The number of rotatable bonds is 4. The second-order valence-electron chi connectivity index (χ2n) is 5.37. The standard InChI is InChI=1S/C14H24N2O/c1-11(10-14-4-3-9-17-14)16-7-5-13(6-8-16)12(2)15/h3-4,9,11-13H,5-8,10,15H2,1-2H3. The van der Waals surface area contributed by atoms with E-state index in [0.29, 0.717) is 18.0 Å². The van der Waals surface area contributed by atoms with Gasteiger partial charge in [-0.3, -0.25) is 0 Å². The summed E-state index contributed by atoms with van der Waals surface area (Å²) in [5, 5.41) is 0. The smallest absolute Gasteiger partial charge is 0.105 e. The highest BCUT2D eigenvalue weighted by Gasteiger charge is 2.24. The van der Waals surface area contributed by atoms with E-state index in [9.17, 15) is 0 Å². The van der Waals surface area contributed by atoms with Gasteiger partial charge in [0.05, 0.1) is 6.26 Å². The summed E-state index contributed by atoms with van der Waals surface area (Å²) < 4.78 is 5.41. The Kier molecular flexibility index (Phi) is 4.24. The zero-order valence-corrected chi connectivity index (χ0v) is 10.9. The fraction of sp³-hybridized carbons (Fsp3) is 0.714. The Labute approximate surface area is 104 Å². The van der Waals surface area contributed by atoms with Crippen LogP contribution >= 0.6 is 0 Å². The van der Waals surface area contributed by atoms with Gasteiger partial charge in [-0.2, -0.15) is 0 Å². The summed E-state index contributed by atoms with van der Waals surface area (Å²) >= 11 is 0. The number of furan rings is 1. The second-order valence-corrected chi connectivity index (χ2v) is 5.37. The molecule has 0 amide bonds. The maximum Gasteiger partial charge on any atom is 0.105 e. The highest BCUT2D eigenvalue weighted by Crippen LogP contribution is 2.22. The van der Waals surface area contributed by atoms with Gasteiger partial charge in [0.25, 0.3) is 0 Å². The van der Waals surface area contributed by atoms with E-state index < -0.39 is 0 Å². The van der Waals surface area contributed by atoms with Gasteiger partial charge >= 0.3 is 0 Å². The molecule has 0 spiro atoms. The Balaban J connectivity index is 1.80. The van der Waals surface area contributed by atoms with Crippen LogP contribution < -0.4 is 5.73 Å². The lowest BCUT2D eigenvalue weighted by atomic mass is 9.90. The fourth-order valence-corrected chi connectivity index (χ4v) is 2.73. The predicted molar refractivity (Wildman–Crippen MR) is 69.8 cm³/mol. The molecule has 0 radical (unpaired) electrons. The van der Waals surface area contributed by atoms with E-state index in [0.717, 1.165) is 12.2 Å². The van der Waals surface area contributed by atoms with Gasteiger partial charge in [-0.25, -0.2) is 0 Å². The van der Waals surface area contributed by atoms with Crippen LogP contribution in [0.2, 0.25) is 0 Å². The minimum atomic E-state index is 0.345. The molecule has 96 valence electrons. The summed E-state index contributed by atoms with van der Waals surface area (Å²) in [6.45, 7) is 6.77. The second kappa shape index (κ2) is 5.69. The lowest BCUT2D eigenvalue weighted by Crippen LogP contribution is -2.44. The number of hydrogen-bond donors (Lipinski definition) is 1. The van der Waals surface area contributed by atoms with E-state index in [1.165, 1.54) is 25.9 Å². The maximum atomic E-state index is 5.96. The molecule has 2 heterocycles. The molecular formula is C14H24N2O. The molecule has 0 aliphatic carbocycles. The van der Waals surface area contributed by atoms with Crippen molar-refractivity contribution in [2.75, 3.05) is 13.1 Å².